The molecule has 7 heteroatoms. The smallest absolute Gasteiger partial charge is 0.166 e. The Morgan fingerprint density at radius 3 is 2.67 bits per heavy atom. The number of H-pyrrole nitrogens is 1. The molecule has 0 bridgehead atoms. The third-order valence-corrected chi connectivity index (χ3v) is 5.49. The number of phenols is 2. The second kappa shape index (κ2) is 6.42. The molecule has 6 nitrogen and oxygen atoms in total. The van der Waals surface area contributed by atoms with E-state index in [0.29, 0.717) is 17.8 Å². The number of aromatic nitrogens is 1. The molecule has 4 N–H and O–H groups in total. The van der Waals surface area contributed by atoms with Gasteiger partial charge in [-0.25, -0.2) is 0 Å². The normalized spacial score (nSPS) is 16.7. The molecule has 0 radical (unpaired) electrons. The molecule has 1 unspecified atom stereocenters. The Hall–Kier alpha value is -2.80. The van der Waals surface area contributed by atoms with Crippen LogP contribution in [0, 0.1) is 13.8 Å². The van der Waals surface area contributed by atoms with Gasteiger partial charge < -0.3 is 15.2 Å². The number of anilines is 1. The number of thiol groups is 1. The van der Waals surface area contributed by atoms with Crippen molar-refractivity contribution in [3.8, 4) is 11.5 Å². The van der Waals surface area contributed by atoms with Crippen molar-refractivity contribution in [3.63, 3.8) is 0 Å². The third-order valence-electron chi connectivity index (χ3n) is 5.15. The summed E-state index contributed by atoms with van der Waals surface area (Å²) in [6.07, 6.45) is 0.651. The van der Waals surface area contributed by atoms with Crippen molar-refractivity contribution in [1.82, 2.24) is 10.4 Å². The van der Waals surface area contributed by atoms with Gasteiger partial charge in [-0.05, 0) is 55.7 Å². The molecule has 1 aromatic heterocycles. The number of amidine groups is 1. The zero-order valence-electron chi connectivity index (χ0n) is 15.4. The van der Waals surface area contributed by atoms with Gasteiger partial charge in [0.2, 0.25) is 0 Å². The number of fused-ring (bicyclic) bond motifs is 1. The maximum absolute atomic E-state index is 10.4. The first-order valence-electron chi connectivity index (χ1n) is 8.85. The molecule has 0 fully saturated rings. The summed E-state index contributed by atoms with van der Waals surface area (Å²) in [5.41, 5.74) is 8.24. The van der Waals surface area contributed by atoms with E-state index in [4.69, 9.17) is 0 Å². The van der Waals surface area contributed by atoms with Crippen LogP contribution in [0.15, 0.2) is 35.4 Å². The first-order chi connectivity index (χ1) is 12.9. The van der Waals surface area contributed by atoms with Crippen LogP contribution in [0.2, 0.25) is 0 Å². The van der Waals surface area contributed by atoms with Gasteiger partial charge in [0.25, 0.3) is 0 Å². The average molecular weight is 382 g/mol. The van der Waals surface area contributed by atoms with Gasteiger partial charge in [0.05, 0.1) is 5.56 Å². The van der Waals surface area contributed by atoms with Crippen LogP contribution in [-0.2, 0) is 6.42 Å². The third kappa shape index (κ3) is 2.78. The van der Waals surface area contributed by atoms with Gasteiger partial charge in [-0.3, -0.25) is 10.3 Å². The van der Waals surface area contributed by atoms with Crippen molar-refractivity contribution < 1.29 is 10.2 Å². The van der Waals surface area contributed by atoms with Crippen LogP contribution in [0.5, 0.6) is 11.5 Å². The lowest BCUT2D eigenvalue weighted by atomic mass is 10.0. The lowest BCUT2D eigenvalue weighted by molar-refractivity contribution is 0.445. The summed E-state index contributed by atoms with van der Waals surface area (Å²) in [6.45, 7) is 6.10. The maximum Gasteiger partial charge on any atom is 0.166 e. The van der Waals surface area contributed by atoms with Crippen LogP contribution < -0.4 is 10.3 Å². The zero-order valence-corrected chi connectivity index (χ0v) is 16.3. The van der Waals surface area contributed by atoms with Crippen LogP contribution in [0.4, 0.5) is 5.69 Å². The monoisotopic (exact) mass is 382 g/mol. The summed E-state index contributed by atoms with van der Waals surface area (Å²) in [6, 6.07) is 9.27. The fourth-order valence-electron chi connectivity index (χ4n) is 3.48. The number of benzene rings is 2. The van der Waals surface area contributed by atoms with E-state index in [2.05, 4.69) is 48.1 Å². The van der Waals surface area contributed by atoms with E-state index in [-0.39, 0.29) is 17.0 Å². The number of aryl methyl sites for hydroxylation is 3. The molecule has 3 aromatic rings. The van der Waals surface area contributed by atoms with Crippen LogP contribution >= 0.6 is 12.6 Å². The Morgan fingerprint density at radius 1 is 1.15 bits per heavy atom. The van der Waals surface area contributed by atoms with Crippen LogP contribution in [-0.4, -0.2) is 26.5 Å². The average Bonchev–Trinajstić information content (AvgIpc) is 3.15. The number of nitrogens with one attached hydrogen (secondary N) is 2. The van der Waals surface area contributed by atoms with E-state index in [1.54, 1.807) is 6.07 Å². The van der Waals surface area contributed by atoms with Crippen molar-refractivity contribution in [2.75, 3.05) is 4.90 Å². The number of hydrogen-bond acceptors (Lipinski definition) is 6. The highest BCUT2D eigenvalue weighted by molar-refractivity contribution is 7.81. The number of nitrogens with zero attached hydrogens (tertiary/aromatic N) is 2. The molecular weight excluding hydrogens is 360 g/mol. The summed E-state index contributed by atoms with van der Waals surface area (Å²) in [4.78, 5) is 5.30. The van der Waals surface area contributed by atoms with E-state index in [1.165, 1.54) is 11.6 Å². The summed E-state index contributed by atoms with van der Waals surface area (Å²) in [5.74, 6) is 0.623. The number of rotatable bonds is 3. The van der Waals surface area contributed by atoms with E-state index < -0.39 is 0 Å². The Balaban J connectivity index is 1.83. The van der Waals surface area contributed by atoms with Crippen molar-refractivity contribution in [3.05, 3.63) is 52.7 Å². The first kappa shape index (κ1) is 17.6. The minimum atomic E-state index is -0.365. The Labute approximate surface area is 162 Å². The Kier molecular flexibility index (Phi) is 4.19. The lowest BCUT2D eigenvalue weighted by Gasteiger charge is -2.25. The van der Waals surface area contributed by atoms with Crippen LogP contribution in [0.3, 0.4) is 0 Å². The summed E-state index contributed by atoms with van der Waals surface area (Å²) >= 11 is 4.60. The number of hydrazone groups is 1. The molecule has 4 rings (SSSR count). The predicted octanol–water partition coefficient (Wildman–Crippen LogP) is 3.74. The number of aromatic amines is 1. The molecule has 0 spiro atoms. The predicted molar refractivity (Wildman–Crippen MR) is 112 cm³/mol. The molecule has 0 aliphatic carbocycles. The second-order valence-electron chi connectivity index (χ2n) is 6.76. The molecule has 140 valence electrons. The van der Waals surface area contributed by atoms with E-state index in [0.717, 1.165) is 27.8 Å². The molecule has 2 heterocycles. The highest BCUT2D eigenvalue weighted by atomic mass is 32.1. The standard InChI is InChI=1S/C20H22N4O2S/c1-4-12-7-15(18(26)9-17(12)25)19-22-23-20(27)24(19)13-5-6-16-14(8-13)10(2)11(3)21-16/h5-9,20-21,23,25-27H,4H2,1-3H3. The number of aromatic hydroxyl groups is 2. The minimum Gasteiger partial charge on any atom is -0.508 e. The fraction of sp³-hybridized carbons (Fsp3) is 0.250. The van der Waals surface area contributed by atoms with Crippen LogP contribution in [0.1, 0.15) is 29.3 Å². The van der Waals surface area contributed by atoms with E-state index in [1.807, 2.05) is 24.0 Å². The van der Waals surface area contributed by atoms with Gasteiger partial charge in [-0.15, -0.1) is 12.6 Å². The molecule has 0 amide bonds. The van der Waals surface area contributed by atoms with Gasteiger partial charge in [-0.1, -0.05) is 6.92 Å². The van der Waals surface area contributed by atoms with E-state index in [9.17, 15) is 10.2 Å². The highest BCUT2D eigenvalue weighted by Crippen LogP contribution is 2.34. The number of hydrogen-bond donors (Lipinski definition) is 5. The minimum absolute atomic E-state index is 0.0209. The Bertz CT molecular complexity index is 1070. The molecule has 1 aliphatic heterocycles. The zero-order chi connectivity index (χ0) is 19.3. The summed E-state index contributed by atoms with van der Waals surface area (Å²) in [7, 11) is 0. The first-order valence-corrected chi connectivity index (χ1v) is 9.37. The molecular formula is C20H22N4O2S. The van der Waals surface area contributed by atoms with Crippen molar-refractivity contribution in [1.29, 1.82) is 0 Å². The van der Waals surface area contributed by atoms with Crippen LogP contribution in [0.25, 0.3) is 10.9 Å². The molecule has 0 saturated heterocycles. The van der Waals surface area contributed by atoms with Crippen molar-refractivity contribution in [2.45, 2.75) is 32.7 Å². The second-order valence-corrected chi connectivity index (χ2v) is 7.25. The fourth-order valence-corrected chi connectivity index (χ4v) is 3.78. The SMILES string of the molecule is CCc1cc(C2=NNC(S)N2c2ccc3[nH]c(C)c(C)c3c2)c(O)cc1O. The van der Waals surface area contributed by atoms with Crippen molar-refractivity contribution in [2.24, 2.45) is 5.10 Å². The molecule has 27 heavy (non-hydrogen) atoms. The quantitative estimate of drug-likeness (QED) is 0.447. The summed E-state index contributed by atoms with van der Waals surface area (Å²) < 4.78 is 0. The van der Waals surface area contributed by atoms with Crippen molar-refractivity contribution >= 4 is 35.1 Å². The maximum atomic E-state index is 10.4. The lowest BCUT2D eigenvalue weighted by Crippen LogP contribution is -2.36. The van der Waals surface area contributed by atoms with Gasteiger partial charge in [0.1, 0.15) is 11.5 Å². The largest absolute Gasteiger partial charge is 0.508 e. The highest BCUT2D eigenvalue weighted by Gasteiger charge is 2.30. The molecule has 0 saturated carbocycles. The van der Waals surface area contributed by atoms with Gasteiger partial charge in [0.15, 0.2) is 11.3 Å². The van der Waals surface area contributed by atoms with E-state index >= 15 is 0 Å². The van der Waals surface area contributed by atoms with Gasteiger partial charge >= 0.3 is 0 Å². The summed E-state index contributed by atoms with van der Waals surface area (Å²) in [5, 5.41) is 25.9. The molecule has 1 aliphatic rings. The van der Waals surface area contributed by atoms with Gasteiger partial charge in [-0.2, -0.15) is 5.10 Å². The topological polar surface area (TPSA) is 83.9 Å². The molecule has 1 atom stereocenters. The van der Waals surface area contributed by atoms with Gasteiger partial charge in [0, 0.05) is 28.4 Å². The number of phenolic OH excluding ortho intramolecular Hbond substituents is 2. The molecule has 2 aromatic carbocycles. The Morgan fingerprint density at radius 2 is 1.93 bits per heavy atom.